The zero-order valence-corrected chi connectivity index (χ0v) is 18.3. The van der Waals surface area contributed by atoms with E-state index in [0.717, 1.165) is 31.1 Å². The van der Waals surface area contributed by atoms with E-state index >= 15 is 0 Å². The molecule has 2 rings (SSSR count). The second kappa shape index (κ2) is 11.7. The van der Waals surface area contributed by atoms with Gasteiger partial charge in [-0.05, 0) is 42.4 Å². The highest BCUT2D eigenvalue weighted by atomic mass is 127. The Kier molecular flexibility index (Phi) is 10.4. The van der Waals surface area contributed by atoms with E-state index in [1.165, 1.54) is 25.3 Å². The largest absolute Gasteiger partial charge is 0.385 e. The van der Waals surface area contributed by atoms with Crippen molar-refractivity contribution in [3.8, 4) is 0 Å². The van der Waals surface area contributed by atoms with E-state index in [-0.39, 0.29) is 36.4 Å². The topological polar surface area (TPSA) is 54.9 Å². The summed E-state index contributed by atoms with van der Waals surface area (Å²) in [6.07, 6.45) is 4.83. The fraction of sp³-hybridized carbons (Fsp3) is 0.632. The number of nitrogens with one attached hydrogen (secondary N) is 2. The van der Waals surface area contributed by atoms with E-state index in [1.807, 2.05) is 6.07 Å². The first-order valence-electron chi connectivity index (χ1n) is 8.82. The lowest BCUT2D eigenvalue weighted by atomic mass is 9.67. The van der Waals surface area contributed by atoms with Crippen molar-refractivity contribution in [3.05, 3.63) is 35.1 Å². The Labute approximate surface area is 173 Å². The molecule has 1 aromatic carbocycles. The summed E-state index contributed by atoms with van der Waals surface area (Å²) in [5, 5.41) is 6.72. The molecule has 0 aromatic heterocycles. The Balaban J connectivity index is 0.00000338. The van der Waals surface area contributed by atoms with E-state index < -0.39 is 0 Å². The van der Waals surface area contributed by atoms with E-state index in [4.69, 9.17) is 9.47 Å². The first-order chi connectivity index (χ1) is 12.1. The van der Waals surface area contributed by atoms with E-state index in [1.54, 1.807) is 27.3 Å². The second-order valence-electron chi connectivity index (χ2n) is 6.73. The van der Waals surface area contributed by atoms with Crippen LogP contribution in [0, 0.1) is 11.2 Å². The average molecular weight is 479 g/mol. The first-order valence-corrected chi connectivity index (χ1v) is 8.82. The van der Waals surface area contributed by atoms with Crippen LogP contribution in [0.15, 0.2) is 23.2 Å². The summed E-state index contributed by atoms with van der Waals surface area (Å²) in [6, 6.07) is 5.08. The van der Waals surface area contributed by atoms with Crippen LogP contribution in [-0.4, -0.2) is 40.4 Å². The average Bonchev–Trinajstić information content (AvgIpc) is 2.59. The van der Waals surface area contributed by atoms with Crippen molar-refractivity contribution in [1.29, 1.82) is 0 Å². The summed E-state index contributed by atoms with van der Waals surface area (Å²) in [6.45, 7) is 2.55. The second-order valence-corrected chi connectivity index (χ2v) is 6.73. The number of guanidine groups is 1. The van der Waals surface area contributed by atoms with Crippen molar-refractivity contribution in [2.24, 2.45) is 10.4 Å². The van der Waals surface area contributed by atoms with Gasteiger partial charge in [-0.3, -0.25) is 4.99 Å². The molecule has 7 heteroatoms. The molecule has 2 N–H and O–H groups in total. The number of hydrogen-bond acceptors (Lipinski definition) is 3. The Bertz CT molecular complexity index is 580. The monoisotopic (exact) mass is 479 g/mol. The van der Waals surface area contributed by atoms with E-state index in [9.17, 15) is 4.39 Å². The first kappa shape index (κ1) is 23.1. The number of hydrogen-bond donors (Lipinski definition) is 2. The Hall–Kier alpha value is -0.930. The molecule has 1 aromatic rings. The maximum Gasteiger partial charge on any atom is 0.191 e. The summed E-state index contributed by atoms with van der Waals surface area (Å²) in [7, 11) is 5.08. The van der Waals surface area contributed by atoms with Gasteiger partial charge in [0.2, 0.25) is 0 Å². The Morgan fingerprint density at radius 2 is 2.00 bits per heavy atom. The summed E-state index contributed by atoms with van der Waals surface area (Å²) in [5.74, 6) is 0.527. The van der Waals surface area contributed by atoms with E-state index in [0.29, 0.717) is 17.5 Å². The predicted molar refractivity (Wildman–Crippen MR) is 114 cm³/mol. The molecule has 0 amide bonds. The van der Waals surface area contributed by atoms with Gasteiger partial charge < -0.3 is 20.1 Å². The minimum Gasteiger partial charge on any atom is -0.385 e. The molecule has 1 aliphatic carbocycles. The van der Waals surface area contributed by atoms with Gasteiger partial charge in [0.05, 0.1) is 6.61 Å². The zero-order valence-electron chi connectivity index (χ0n) is 15.9. The SMILES string of the molecule is CN=C(NCc1ccc(F)c(COC)c1)NCC1(CCOC)CCC1.I. The van der Waals surface area contributed by atoms with Crippen LogP contribution in [0.2, 0.25) is 0 Å². The molecule has 0 spiro atoms. The normalized spacial score (nSPS) is 15.8. The van der Waals surface area contributed by atoms with Crippen LogP contribution < -0.4 is 10.6 Å². The highest BCUT2D eigenvalue weighted by Gasteiger charge is 2.36. The number of methoxy groups -OCH3 is 2. The molecule has 0 unspecified atom stereocenters. The van der Waals surface area contributed by atoms with Crippen molar-refractivity contribution in [2.45, 2.75) is 38.8 Å². The highest BCUT2D eigenvalue weighted by molar-refractivity contribution is 14.0. The van der Waals surface area contributed by atoms with Gasteiger partial charge in [0, 0.05) is 46.5 Å². The van der Waals surface area contributed by atoms with Crippen LogP contribution in [0.1, 0.15) is 36.8 Å². The van der Waals surface area contributed by atoms with Crippen molar-refractivity contribution in [3.63, 3.8) is 0 Å². The maximum absolute atomic E-state index is 13.7. The summed E-state index contributed by atoms with van der Waals surface area (Å²) in [5.41, 5.74) is 1.89. The summed E-state index contributed by atoms with van der Waals surface area (Å²) in [4.78, 5) is 4.29. The van der Waals surface area contributed by atoms with Crippen LogP contribution in [0.25, 0.3) is 0 Å². The number of rotatable bonds is 9. The summed E-state index contributed by atoms with van der Waals surface area (Å²) < 4.78 is 23.9. The molecule has 26 heavy (non-hydrogen) atoms. The molecule has 1 saturated carbocycles. The van der Waals surface area contributed by atoms with Crippen molar-refractivity contribution in [1.82, 2.24) is 10.6 Å². The molecule has 1 aliphatic rings. The van der Waals surface area contributed by atoms with Crippen LogP contribution in [0.4, 0.5) is 4.39 Å². The van der Waals surface area contributed by atoms with Crippen molar-refractivity contribution in [2.75, 3.05) is 34.4 Å². The minimum absolute atomic E-state index is 0. The zero-order chi connectivity index (χ0) is 18.1. The molecule has 5 nitrogen and oxygen atoms in total. The van der Waals surface area contributed by atoms with Crippen LogP contribution >= 0.6 is 24.0 Å². The number of nitrogens with zero attached hydrogens (tertiary/aromatic N) is 1. The third-order valence-electron chi connectivity index (χ3n) is 4.98. The van der Waals surface area contributed by atoms with Crippen LogP contribution in [0.5, 0.6) is 0 Å². The van der Waals surface area contributed by atoms with Gasteiger partial charge in [0.25, 0.3) is 0 Å². The Morgan fingerprint density at radius 1 is 1.23 bits per heavy atom. The van der Waals surface area contributed by atoms with Gasteiger partial charge in [-0.25, -0.2) is 4.39 Å². The molecular formula is C19H31FIN3O2. The molecule has 148 valence electrons. The van der Waals surface area contributed by atoms with Crippen LogP contribution in [0.3, 0.4) is 0 Å². The molecule has 0 bridgehead atoms. The fourth-order valence-electron chi connectivity index (χ4n) is 3.19. The number of benzene rings is 1. The van der Waals surface area contributed by atoms with Crippen molar-refractivity contribution < 1.29 is 13.9 Å². The van der Waals surface area contributed by atoms with Crippen LogP contribution in [-0.2, 0) is 22.6 Å². The quantitative estimate of drug-likeness (QED) is 0.324. The lowest BCUT2D eigenvalue weighted by Gasteiger charge is -2.42. The maximum atomic E-state index is 13.7. The number of halogens is 2. The standard InChI is InChI=1S/C19H30FN3O2.HI/c1-21-18(23-14-19(7-4-8-19)9-10-24-2)22-12-15-5-6-17(20)16(11-15)13-25-3;/h5-6,11H,4,7-10,12-14H2,1-3H3,(H2,21,22,23);1H. The number of ether oxygens (including phenoxy) is 2. The van der Waals surface area contributed by atoms with Gasteiger partial charge in [0.1, 0.15) is 5.82 Å². The predicted octanol–water partition coefficient (Wildman–Crippen LogP) is 3.46. The molecule has 0 atom stereocenters. The fourth-order valence-corrected chi connectivity index (χ4v) is 3.19. The minimum atomic E-state index is -0.238. The Morgan fingerprint density at radius 3 is 2.58 bits per heavy atom. The van der Waals surface area contributed by atoms with Gasteiger partial charge >= 0.3 is 0 Å². The van der Waals surface area contributed by atoms with Gasteiger partial charge in [-0.2, -0.15) is 0 Å². The third-order valence-corrected chi connectivity index (χ3v) is 4.98. The lowest BCUT2D eigenvalue weighted by Crippen LogP contribution is -2.46. The molecule has 0 aliphatic heterocycles. The highest BCUT2D eigenvalue weighted by Crippen LogP contribution is 2.43. The van der Waals surface area contributed by atoms with E-state index in [2.05, 4.69) is 15.6 Å². The van der Waals surface area contributed by atoms with Gasteiger partial charge in [-0.1, -0.05) is 12.5 Å². The van der Waals surface area contributed by atoms with Gasteiger partial charge in [0.15, 0.2) is 5.96 Å². The smallest absolute Gasteiger partial charge is 0.191 e. The molecule has 0 saturated heterocycles. The lowest BCUT2D eigenvalue weighted by molar-refractivity contribution is 0.0732. The van der Waals surface area contributed by atoms with Gasteiger partial charge in [-0.15, -0.1) is 24.0 Å². The molecule has 0 heterocycles. The third kappa shape index (κ3) is 6.66. The molecular weight excluding hydrogens is 448 g/mol. The number of aliphatic imine (C=N–C) groups is 1. The molecule has 0 radical (unpaired) electrons. The summed E-state index contributed by atoms with van der Waals surface area (Å²) >= 11 is 0. The molecule has 1 fully saturated rings. The van der Waals surface area contributed by atoms with Crippen molar-refractivity contribution >= 4 is 29.9 Å².